The lowest BCUT2D eigenvalue weighted by atomic mass is 10.2. The Bertz CT molecular complexity index is 132. The van der Waals surface area contributed by atoms with Gasteiger partial charge in [0.15, 0.2) is 0 Å². The maximum atomic E-state index is 11.0. The molecule has 2 nitrogen and oxygen atoms in total. The lowest BCUT2D eigenvalue weighted by molar-refractivity contribution is -0.128. The van der Waals surface area contributed by atoms with Crippen LogP contribution in [-0.2, 0) is 4.79 Å². The van der Waals surface area contributed by atoms with Gasteiger partial charge in [0.1, 0.15) is 0 Å². The van der Waals surface area contributed by atoms with Crippen LogP contribution in [0.15, 0.2) is 0 Å². The van der Waals surface area contributed by atoms with Gasteiger partial charge in [-0.05, 0) is 12.3 Å². The molecule has 1 saturated heterocycles. The maximum absolute atomic E-state index is 11.0. The second-order valence-corrected chi connectivity index (χ2v) is 3.34. The van der Waals surface area contributed by atoms with Crippen LogP contribution in [-0.4, -0.2) is 23.9 Å². The third-order valence-corrected chi connectivity index (χ3v) is 1.76. The normalized spacial score (nSPS) is 17.4. The van der Waals surface area contributed by atoms with E-state index in [9.17, 15) is 4.79 Å². The molecule has 0 radical (unpaired) electrons. The molecule has 0 aromatic rings. The van der Waals surface area contributed by atoms with Gasteiger partial charge in [-0.1, -0.05) is 21.3 Å². The molecule has 0 spiro atoms. The number of hydrogen-bond donors (Lipinski definition) is 0. The Balaban J connectivity index is 0.000001000. The molecule has 1 aliphatic heterocycles. The fourth-order valence-electron chi connectivity index (χ4n) is 1.34. The molecular formula is C9H19NO. The summed E-state index contributed by atoms with van der Waals surface area (Å²) in [6.45, 7) is 6.22. The maximum Gasteiger partial charge on any atom is 0.222 e. The number of rotatable bonds is 2. The topological polar surface area (TPSA) is 20.3 Å². The highest BCUT2D eigenvalue weighted by Crippen LogP contribution is 2.11. The first-order valence-corrected chi connectivity index (χ1v) is 3.98. The van der Waals surface area contributed by atoms with Crippen molar-refractivity contribution in [3.8, 4) is 0 Å². The summed E-state index contributed by atoms with van der Waals surface area (Å²) >= 11 is 0. The average Bonchev–Trinajstić information content (AvgIpc) is 2.15. The van der Waals surface area contributed by atoms with Gasteiger partial charge in [-0.3, -0.25) is 4.79 Å². The number of amides is 1. The summed E-state index contributed by atoms with van der Waals surface area (Å²) < 4.78 is 0. The predicted molar refractivity (Wildman–Crippen MR) is 47.4 cm³/mol. The summed E-state index contributed by atoms with van der Waals surface area (Å²) in [6, 6.07) is 0. The highest BCUT2D eigenvalue weighted by molar-refractivity contribution is 5.78. The van der Waals surface area contributed by atoms with Gasteiger partial charge in [0.2, 0.25) is 5.91 Å². The molecule has 0 unspecified atom stereocenters. The van der Waals surface area contributed by atoms with Crippen LogP contribution < -0.4 is 0 Å². The fourth-order valence-corrected chi connectivity index (χ4v) is 1.34. The molecule has 0 aromatic carbocycles. The van der Waals surface area contributed by atoms with Crippen LogP contribution in [0.3, 0.4) is 0 Å². The predicted octanol–water partition coefficient (Wildman–Crippen LogP) is 1.90. The van der Waals surface area contributed by atoms with Crippen molar-refractivity contribution in [3.05, 3.63) is 0 Å². The molecule has 66 valence electrons. The summed E-state index contributed by atoms with van der Waals surface area (Å²) in [6.07, 6.45) is 1.83. The molecule has 11 heavy (non-hydrogen) atoms. The first-order chi connectivity index (χ1) is 4.70. The summed E-state index contributed by atoms with van der Waals surface area (Å²) in [5, 5.41) is 0. The Hall–Kier alpha value is -0.530. The van der Waals surface area contributed by atoms with Gasteiger partial charge < -0.3 is 4.90 Å². The average molecular weight is 157 g/mol. The molecule has 0 aliphatic carbocycles. The molecule has 0 aromatic heterocycles. The Kier molecular flexibility index (Phi) is 4.16. The Labute approximate surface area is 69.6 Å². The minimum Gasteiger partial charge on any atom is -0.342 e. The van der Waals surface area contributed by atoms with Gasteiger partial charge in [-0.25, -0.2) is 0 Å². The number of hydrogen-bond acceptors (Lipinski definition) is 1. The van der Waals surface area contributed by atoms with Crippen molar-refractivity contribution < 1.29 is 4.79 Å². The fraction of sp³-hybridized carbons (Fsp3) is 0.889. The van der Waals surface area contributed by atoms with E-state index in [2.05, 4.69) is 13.8 Å². The van der Waals surface area contributed by atoms with E-state index < -0.39 is 0 Å². The van der Waals surface area contributed by atoms with Crippen molar-refractivity contribution in [2.75, 3.05) is 13.1 Å². The Morgan fingerprint density at radius 2 is 2.18 bits per heavy atom. The minimum absolute atomic E-state index is 0. The van der Waals surface area contributed by atoms with Crippen molar-refractivity contribution in [2.45, 2.75) is 34.1 Å². The van der Waals surface area contributed by atoms with Crippen LogP contribution in [0.5, 0.6) is 0 Å². The summed E-state index contributed by atoms with van der Waals surface area (Å²) in [5.74, 6) is 0.954. The van der Waals surface area contributed by atoms with Crippen molar-refractivity contribution in [3.63, 3.8) is 0 Å². The first kappa shape index (κ1) is 10.5. The number of nitrogens with zero attached hydrogens (tertiary/aromatic N) is 1. The van der Waals surface area contributed by atoms with Crippen LogP contribution >= 0.6 is 0 Å². The molecule has 1 rings (SSSR count). The van der Waals surface area contributed by atoms with Gasteiger partial charge in [0, 0.05) is 19.5 Å². The van der Waals surface area contributed by atoms with E-state index in [1.807, 2.05) is 4.90 Å². The summed E-state index contributed by atoms with van der Waals surface area (Å²) in [5.41, 5.74) is 0. The molecule has 0 atom stereocenters. The molecule has 1 fully saturated rings. The van der Waals surface area contributed by atoms with E-state index in [4.69, 9.17) is 0 Å². The monoisotopic (exact) mass is 157 g/mol. The summed E-state index contributed by atoms with van der Waals surface area (Å²) in [7, 11) is 0. The minimum atomic E-state index is 0. The summed E-state index contributed by atoms with van der Waals surface area (Å²) in [4.78, 5) is 13.0. The third kappa shape index (κ3) is 2.91. The van der Waals surface area contributed by atoms with Crippen LogP contribution in [0, 0.1) is 5.92 Å². The lowest BCUT2D eigenvalue weighted by Gasteiger charge is -2.17. The van der Waals surface area contributed by atoms with E-state index in [0.29, 0.717) is 11.8 Å². The van der Waals surface area contributed by atoms with Crippen molar-refractivity contribution >= 4 is 5.91 Å². The van der Waals surface area contributed by atoms with Gasteiger partial charge in [-0.2, -0.15) is 0 Å². The van der Waals surface area contributed by atoms with E-state index in [1.165, 1.54) is 0 Å². The van der Waals surface area contributed by atoms with E-state index in [0.717, 1.165) is 25.9 Å². The zero-order chi connectivity index (χ0) is 7.56. The highest BCUT2D eigenvalue weighted by atomic mass is 16.2. The largest absolute Gasteiger partial charge is 0.342 e. The van der Waals surface area contributed by atoms with Crippen molar-refractivity contribution in [1.82, 2.24) is 4.90 Å². The number of carbonyl (C=O) groups is 1. The molecule has 1 amide bonds. The zero-order valence-electron chi connectivity index (χ0n) is 6.76. The number of likely N-dealkylation sites (tertiary alicyclic amines) is 1. The molecule has 1 aliphatic rings. The molecule has 0 saturated carbocycles. The molecule has 2 heteroatoms. The smallest absolute Gasteiger partial charge is 0.222 e. The Morgan fingerprint density at radius 3 is 2.55 bits per heavy atom. The van der Waals surface area contributed by atoms with Gasteiger partial charge in [0.05, 0.1) is 0 Å². The van der Waals surface area contributed by atoms with Crippen LogP contribution in [0.4, 0.5) is 0 Å². The quantitative estimate of drug-likeness (QED) is 0.599. The van der Waals surface area contributed by atoms with Crippen molar-refractivity contribution in [1.29, 1.82) is 0 Å². The van der Waals surface area contributed by atoms with Crippen molar-refractivity contribution in [2.24, 2.45) is 5.92 Å². The van der Waals surface area contributed by atoms with Crippen LogP contribution in [0.25, 0.3) is 0 Å². The molecular weight excluding hydrogens is 138 g/mol. The van der Waals surface area contributed by atoms with Crippen LogP contribution in [0.2, 0.25) is 0 Å². The van der Waals surface area contributed by atoms with E-state index in [1.54, 1.807) is 0 Å². The molecule has 0 bridgehead atoms. The zero-order valence-corrected chi connectivity index (χ0v) is 6.76. The third-order valence-electron chi connectivity index (χ3n) is 1.76. The molecule has 0 N–H and O–H groups in total. The highest BCUT2D eigenvalue weighted by Gasteiger charge is 2.19. The van der Waals surface area contributed by atoms with Crippen LogP contribution in [0.1, 0.15) is 34.1 Å². The second kappa shape index (κ2) is 4.37. The number of carbonyl (C=O) groups excluding carboxylic acids is 1. The second-order valence-electron chi connectivity index (χ2n) is 3.34. The first-order valence-electron chi connectivity index (χ1n) is 3.98. The van der Waals surface area contributed by atoms with E-state index >= 15 is 0 Å². The van der Waals surface area contributed by atoms with Gasteiger partial charge in [0.25, 0.3) is 0 Å². The lowest BCUT2D eigenvalue weighted by Crippen LogP contribution is -2.28. The SMILES string of the molecule is C.CC(C)CN1CCCC1=O. The van der Waals surface area contributed by atoms with Gasteiger partial charge >= 0.3 is 0 Å². The standard InChI is InChI=1S/C8H15NO.CH4/c1-7(2)6-9-5-3-4-8(9)10;/h7H,3-6H2,1-2H3;1H4. The van der Waals surface area contributed by atoms with Gasteiger partial charge in [-0.15, -0.1) is 0 Å². The van der Waals surface area contributed by atoms with E-state index in [-0.39, 0.29) is 7.43 Å². The Morgan fingerprint density at radius 1 is 1.55 bits per heavy atom. The molecule has 1 heterocycles.